The van der Waals surface area contributed by atoms with E-state index in [0.29, 0.717) is 0 Å². The van der Waals surface area contributed by atoms with Gasteiger partial charge in [-0.25, -0.2) is 26.2 Å². The van der Waals surface area contributed by atoms with Crippen LogP contribution in [-0.4, -0.2) is 68.8 Å². The summed E-state index contributed by atoms with van der Waals surface area (Å²) in [6, 6.07) is 0. The topological polar surface area (TPSA) is 155 Å². The molecule has 0 amide bonds. The fraction of sp³-hybridized carbons (Fsp3) is 0.750. The largest absolute Gasteiger partial charge is 0.267 e. The third-order valence-electron chi connectivity index (χ3n) is 2.80. The van der Waals surface area contributed by atoms with Crippen molar-refractivity contribution in [2.24, 2.45) is 14.1 Å². The number of sulfone groups is 2. The van der Waals surface area contributed by atoms with Crippen LogP contribution in [0.4, 0.5) is 0 Å². The Morgan fingerprint density at radius 3 is 1.41 bits per heavy atom. The molecule has 2 heterocycles. The Bertz CT molecular complexity index is 780. The summed E-state index contributed by atoms with van der Waals surface area (Å²) in [7, 11) is -4.45. The van der Waals surface area contributed by atoms with Crippen LogP contribution >= 0.6 is 0 Å². The van der Waals surface area contributed by atoms with Gasteiger partial charge in [0, 0.05) is 14.1 Å². The highest BCUT2D eigenvalue weighted by Gasteiger charge is 2.23. The first-order chi connectivity index (χ1) is 10.2. The highest BCUT2D eigenvalue weighted by Crippen LogP contribution is 2.11. The number of unbranched alkanes of at least 4 members (excludes halogenated alkanes) is 1. The Kier molecular flexibility index (Phi) is 4.50. The van der Waals surface area contributed by atoms with E-state index < -0.39 is 19.7 Å². The molecule has 14 heteroatoms. The van der Waals surface area contributed by atoms with E-state index in [1.165, 1.54) is 14.1 Å². The van der Waals surface area contributed by atoms with Gasteiger partial charge in [0.05, 0.1) is 11.5 Å². The smallest absolute Gasteiger partial charge is 0.220 e. The molecule has 0 spiro atoms. The molecule has 0 aliphatic heterocycles. The van der Waals surface area contributed by atoms with Gasteiger partial charge in [0.1, 0.15) is 0 Å². The van der Waals surface area contributed by atoms with E-state index in [4.69, 9.17) is 0 Å². The first-order valence-corrected chi connectivity index (χ1v) is 9.45. The van der Waals surface area contributed by atoms with E-state index >= 15 is 0 Å². The molecule has 2 aromatic heterocycles. The van der Waals surface area contributed by atoms with Crippen molar-refractivity contribution in [2.75, 3.05) is 11.5 Å². The summed E-state index contributed by atoms with van der Waals surface area (Å²) < 4.78 is 50.0. The molecule has 0 aromatic carbocycles. The first-order valence-electron chi connectivity index (χ1n) is 6.14. The Morgan fingerprint density at radius 2 is 1.14 bits per heavy atom. The number of hydrogen-bond acceptors (Lipinski definition) is 10. The molecule has 0 saturated heterocycles. The predicted molar refractivity (Wildman–Crippen MR) is 70.9 cm³/mol. The van der Waals surface area contributed by atoms with Crippen molar-refractivity contribution in [3.8, 4) is 0 Å². The van der Waals surface area contributed by atoms with E-state index in [1.54, 1.807) is 0 Å². The van der Waals surface area contributed by atoms with E-state index in [1.807, 2.05) is 0 Å². The highest BCUT2D eigenvalue weighted by molar-refractivity contribution is 7.91. The summed E-state index contributed by atoms with van der Waals surface area (Å²) in [5, 5.41) is 19.8. The van der Waals surface area contributed by atoms with Gasteiger partial charge in [-0.3, -0.25) is 0 Å². The molecular weight excluding hydrogens is 336 g/mol. The number of hydrogen-bond donors (Lipinski definition) is 0. The van der Waals surface area contributed by atoms with Crippen molar-refractivity contribution in [3.63, 3.8) is 0 Å². The van der Waals surface area contributed by atoms with Crippen LogP contribution in [0.3, 0.4) is 0 Å². The van der Waals surface area contributed by atoms with Gasteiger partial charge >= 0.3 is 0 Å². The number of aromatic nitrogens is 8. The van der Waals surface area contributed by atoms with Crippen LogP contribution in [0.2, 0.25) is 0 Å². The number of tetrazole rings is 2. The van der Waals surface area contributed by atoms with Gasteiger partial charge in [0.25, 0.3) is 10.3 Å². The number of rotatable bonds is 7. The summed E-state index contributed by atoms with van der Waals surface area (Å²) in [6.07, 6.45) is 0.305. The van der Waals surface area contributed by atoms with Gasteiger partial charge in [-0.1, -0.05) is 10.2 Å². The zero-order valence-electron chi connectivity index (χ0n) is 11.9. The normalized spacial score (nSPS) is 12.6. The molecule has 0 bridgehead atoms. The SMILES string of the molecule is Cn1nnnc1S(=O)(=O)CCCCS(=O)(=O)c1nnnn1C. The maximum atomic E-state index is 12.0. The third kappa shape index (κ3) is 3.44. The Hall–Kier alpha value is -1.96. The lowest BCUT2D eigenvalue weighted by Gasteiger charge is -2.03. The van der Waals surface area contributed by atoms with Crippen LogP contribution < -0.4 is 0 Å². The van der Waals surface area contributed by atoms with Crippen LogP contribution in [0.25, 0.3) is 0 Å². The van der Waals surface area contributed by atoms with Crippen LogP contribution in [0.1, 0.15) is 12.8 Å². The summed E-state index contributed by atoms with van der Waals surface area (Å²) in [6.45, 7) is 0. The minimum atomic E-state index is -3.64. The fourth-order valence-electron chi connectivity index (χ4n) is 1.74. The molecule has 12 nitrogen and oxygen atoms in total. The molecule has 0 aliphatic rings. The summed E-state index contributed by atoms with van der Waals surface area (Å²) in [5.41, 5.74) is 0. The van der Waals surface area contributed by atoms with Crippen molar-refractivity contribution in [1.82, 2.24) is 40.4 Å². The van der Waals surface area contributed by atoms with Crippen molar-refractivity contribution in [3.05, 3.63) is 0 Å². The van der Waals surface area contributed by atoms with Gasteiger partial charge in [-0.05, 0) is 33.7 Å². The minimum Gasteiger partial charge on any atom is -0.220 e. The quantitative estimate of drug-likeness (QED) is 0.500. The lowest BCUT2D eigenvalue weighted by molar-refractivity contribution is 0.559. The van der Waals surface area contributed by atoms with Gasteiger partial charge in [-0.15, -0.1) is 0 Å². The summed E-state index contributed by atoms with van der Waals surface area (Å²) in [5.74, 6) is -0.485. The molecule has 122 valence electrons. The monoisotopic (exact) mass is 350 g/mol. The molecule has 22 heavy (non-hydrogen) atoms. The predicted octanol–water partition coefficient (Wildman–Crippen LogP) is -2.24. The minimum absolute atomic E-state index is 0.152. The maximum absolute atomic E-state index is 12.0. The third-order valence-corrected chi connectivity index (χ3v) is 6.25. The van der Waals surface area contributed by atoms with Crippen molar-refractivity contribution in [2.45, 2.75) is 23.2 Å². The van der Waals surface area contributed by atoms with Crippen molar-refractivity contribution < 1.29 is 16.8 Å². The average Bonchev–Trinajstić information content (AvgIpc) is 3.04. The van der Waals surface area contributed by atoms with Crippen molar-refractivity contribution >= 4 is 19.7 Å². The molecule has 2 aromatic rings. The van der Waals surface area contributed by atoms with Crippen LogP contribution in [-0.2, 0) is 33.8 Å². The Labute approximate surface area is 126 Å². The van der Waals surface area contributed by atoms with E-state index in [0.717, 1.165) is 9.36 Å². The lowest BCUT2D eigenvalue weighted by atomic mass is 10.4. The molecule has 0 radical (unpaired) electrons. The molecule has 0 atom stereocenters. The van der Waals surface area contributed by atoms with Gasteiger partial charge < -0.3 is 0 Å². The Balaban J connectivity index is 1.93. The zero-order valence-corrected chi connectivity index (χ0v) is 13.5. The second-order valence-corrected chi connectivity index (χ2v) is 8.52. The van der Waals surface area contributed by atoms with E-state index in [-0.39, 0.29) is 34.7 Å². The van der Waals surface area contributed by atoms with Crippen LogP contribution in [0, 0.1) is 0 Å². The lowest BCUT2D eigenvalue weighted by Crippen LogP contribution is -2.16. The zero-order chi connectivity index (χ0) is 16.4. The molecule has 0 N–H and O–H groups in total. The standard InChI is InChI=1S/C8H14N8O4S2/c1-15-7(9-11-13-15)21(17,18)5-3-4-6-22(19,20)8-10-12-14-16(8)2/h3-6H2,1-2H3. The molecule has 0 aliphatic carbocycles. The second-order valence-electron chi connectivity index (χ2n) is 4.51. The van der Waals surface area contributed by atoms with Gasteiger partial charge in [0.2, 0.25) is 19.7 Å². The molecule has 0 unspecified atom stereocenters. The van der Waals surface area contributed by atoms with Crippen LogP contribution in [0.5, 0.6) is 0 Å². The number of aryl methyl sites for hydroxylation is 2. The highest BCUT2D eigenvalue weighted by atomic mass is 32.2. The number of nitrogens with zero attached hydrogens (tertiary/aromatic N) is 8. The second kappa shape index (κ2) is 6.04. The Morgan fingerprint density at radius 1 is 0.773 bits per heavy atom. The maximum Gasteiger partial charge on any atom is 0.267 e. The molecule has 0 saturated carbocycles. The van der Waals surface area contributed by atoms with Gasteiger partial charge in [0.15, 0.2) is 0 Å². The van der Waals surface area contributed by atoms with Crippen LogP contribution in [0.15, 0.2) is 10.3 Å². The summed E-state index contributed by atoms with van der Waals surface area (Å²) >= 11 is 0. The molecule has 2 rings (SSSR count). The van der Waals surface area contributed by atoms with Crippen molar-refractivity contribution in [1.29, 1.82) is 0 Å². The van der Waals surface area contributed by atoms with E-state index in [2.05, 4.69) is 31.1 Å². The first kappa shape index (κ1) is 16.4. The molecule has 0 fully saturated rings. The van der Waals surface area contributed by atoms with E-state index in [9.17, 15) is 16.8 Å². The average molecular weight is 350 g/mol. The van der Waals surface area contributed by atoms with Gasteiger partial charge in [-0.2, -0.15) is 0 Å². The molecular formula is C8H14N8O4S2. The fourth-order valence-corrected chi connectivity index (χ4v) is 4.47. The summed E-state index contributed by atoms with van der Waals surface area (Å²) in [4.78, 5) is 0.